The Morgan fingerprint density at radius 3 is 2.40 bits per heavy atom. The standard InChI is InChI=1S/C16H21FN3O4P/c1-4-23-25(21,24-5-2)20-15-14(17)10-18-16(19-15)22-11-13-8-6-12(3)7-9-13/h6-10H,4-5,11H2,1-3H3,(H,18,19,20,21). The second-order valence-electron chi connectivity index (χ2n) is 5.07. The quantitative estimate of drug-likeness (QED) is 0.667. The minimum absolute atomic E-state index is 0.0518. The summed E-state index contributed by atoms with van der Waals surface area (Å²) in [6, 6.07) is 7.69. The molecule has 0 spiro atoms. The molecule has 7 nitrogen and oxygen atoms in total. The average molecular weight is 369 g/mol. The van der Waals surface area contributed by atoms with Gasteiger partial charge >= 0.3 is 13.8 Å². The minimum Gasteiger partial charge on any atom is -0.459 e. The van der Waals surface area contributed by atoms with Crippen LogP contribution in [0, 0.1) is 12.7 Å². The van der Waals surface area contributed by atoms with Crippen molar-refractivity contribution in [3.05, 3.63) is 47.4 Å². The molecule has 1 aromatic heterocycles. The first kappa shape index (κ1) is 19.3. The molecule has 0 amide bonds. The van der Waals surface area contributed by atoms with Crippen molar-refractivity contribution >= 4 is 13.6 Å². The van der Waals surface area contributed by atoms with Crippen LogP contribution in [0.5, 0.6) is 6.01 Å². The molecule has 2 rings (SSSR count). The first-order valence-corrected chi connectivity index (χ1v) is 9.38. The Kier molecular flexibility index (Phi) is 6.87. The van der Waals surface area contributed by atoms with Gasteiger partial charge in [0.15, 0.2) is 11.6 Å². The van der Waals surface area contributed by atoms with Gasteiger partial charge in [-0.05, 0) is 26.3 Å². The lowest BCUT2D eigenvalue weighted by Gasteiger charge is -2.18. The van der Waals surface area contributed by atoms with Crippen LogP contribution in [0.2, 0.25) is 0 Å². The smallest absolute Gasteiger partial charge is 0.433 e. The Balaban J connectivity index is 2.10. The third-order valence-electron chi connectivity index (χ3n) is 3.05. The first-order chi connectivity index (χ1) is 12.0. The van der Waals surface area contributed by atoms with Gasteiger partial charge in [-0.15, -0.1) is 0 Å². The fourth-order valence-corrected chi connectivity index (χ4v) is 3.20. The van der Waals surface area contributed by atoms with Crippen LogP contribution in [0.4, 0.5) is 10.2 Å². The summed E-state index contributed by atoms with van der Waals surface area (Å²) < 4.78 is 41.9. The van der Waals surface area contributed by atoms with Crippen LogP contribution < -0.4 is 9.82 Å². The monoisotopic (exact) mass is 369 g/mol. The van der Waals surface area contributed by atoms with E-state index >= 15 is 0 Å². The number of ether oxygens (including phenoxy) is 1. The topological polar surface area (TPSA) is 82.6 Å². The van der Waals surface area contributed by atoms with E-state index in [4.69, 9.17) is 13.8 Å². The van der Waals surface area contributed by atoms with Crippen molar-refractivity contribution in [2.75, 3.05) is 18.3 Å². The SMILES string of the molecule is CCOP(=O)(Nc1nc(OCc2ccc(C)cc2)ncc1F)OCC. The first-order valence-electron chi connectivity index (χ1n) is 7.84. The molecular formula is C16H21FN3O4P. The Morgan fingerprint density at radius 2 is 1.80 bits per heavy atom. The molecule has 1 heterocycles. The molecule has 0 unspecified atom stereocenters. The number of aromatic nitrogens is 2. The van der Waals surface area contributed by atoms with Crippen LogP contribution in [0.1, 0.15) is 25.0 Å². The van der Waals surface area contributed by atoms with Crippen molar-refractivity contribution in [2.45, 2.75) is 27.4 Å². The van der Waals surface area contributed by atoms with Crippen molar-refractivity contribution in [1.29, 1.82) is 0 Å². The summed E-state index contributed by atoms with van der Waals surface area (Å²) in [4.78, 5) is 7.68. The van der Waals surface area contributed by atoms with Crippen LogP contribution in [0.25, 0.3) is 0 Å². The van der Waals surface area contributed by atoms with Gasteiger partial charge in [0.2, 0.25) is 0 Å². The zero-order chi connectivity index (χ0) is 18.3. The largest absolute Gasteiger partial charge is 0.459 e. The molecule has 0 bridgehead atoms. The van der Waals surface area contributed by atoms with Gasteiger partial charge in [-0.1, -0.05) is 29.8 Å². The number of rotatable bonds is 9. The second-order valence-corrected chi connectivity index (χ2v) is 6.80. The van der Waals surface area contributed by atoms with Crippen LogP contribution in [0.15, 0.2) is 30.5 Å². The predicted molar refractivity (Wildman–Crippen MR) is 92.0 cm³/mol. The molecule has 0 radical (unpaired) electrons. The highest BCUT2D eigenvalue weighted by Gasteiger charge is 2.26. The molecule has 0 atom stereocenters. The number of aryl methyl sites for hydroxylation is 1. The third kappa shape index (κ3) is 5.77. The molecule has 9 heteroatoms. The zero-order valence-electron chi connectivity index (χ0n) is 14.4. The van der Waals surface area contributed by atoms with Gasteiger partial charge in [0.25, 0.3) is 0 Å². The van der Waals surface area contributed by atoms with E-state index in [1.165, 1.54) is 0 Å². The van der Waals surface area contributed by atoms with E-state index < -0.39 is 13.6 Å². The van der Waals surface area contributed by atoms with Gasteiger partial charge in [-0.2, -0.15) is 4.98 Å². The molecule has 0 aliphatic carbocycles. The van der Waals surface area contributed by atoms with E-state index in [0.29, 0.717) is 0 Å². The number of nitrogens with one attached hydrogen (secondary N) is 1. The normalized spacial score (nSPS) is 11.4. The lowest BCUT2D eigenvalue weighted by atomic mass is 10.2. The van der Waals surface area contributed by atoms with Crippen molar-refractivity contribution < 1.29 is 22.7 Å². The maximum Gasteiger partial charge on any atom is 0.433 e. The molecule has 2 aromatic rings. The van der Waals surface area contributed by atoms with Crippen molar-refractivity contribution in [3.63, 3.8) is 0 Å². The summed E-state index contributed by atoms with van der Waals surface area (Å²) in [5.41, 5.74) is 2.05. The van der Waals surface area contributed by atoms with E-state index in [2.05, 4.69) is 15.1 Å². The minimum atomic E-state index is -3.71. The second kappa shape index (κ2) is 8.89. The van der Waals surface area contributed by atoms with Gasteiger partial charge in [-0.25, -0.2) is 13.9 Å². The van der Waals surface area contributed by atoms with Crippen LogP contribution >= 0.6 is 7.75 Å². The van der Waals surface area contributed by atoms with Gasteiger partial charge in [0.1, 0.15) is 6.61 Å². The molecule has 0 aliphatic heterocycles. The number of benzene rings is 1. The zero-order valence-corrected chi connectivity index (χ0v) is 15.3. The fourth-order valence-electron chi connectivity index (χ4n) is 1.90. The Hall–Kier alpha value is -2.02. The summed E-state index contributed by atoms with van der Waals surface area (Å²) in [5, 5.41) is 2.38. The van der Waals surface area contributed by atoms with Crippen LogP contribution in [-0.2, 0) is 20.2 Å². The summed E-state index contributed by atoms with van der Waals surface area (Å²) >= 11 is 0. The lowest BCUT2D eigenvalue weighted by molar-refractivity contribution is 0.224. The molecule has 0 aliphatic rings. The maximum atomic E-state index is 13.9. The maximum absolute atomic E-state index is 13.9. The molecule has 136 valence electrons. The number of hydrogen-bond acceptors (Lipinski definition) is 6. The molecule has 0 saturated carbocycles. The van der Waals surface area contributed by atoms with E-state index in [9.17, 15) is 8.96 Å². The number of anilines is 1. The van der Waals surface area contributed by atoms with Crippen LogP contribution in [-0.4, -0.2) is 23.2 Å². The molecule has 1 aromatic carbocycles. The van der Waals surface area contributed by atoms with E-state index in [1.807, 2.05) is 31.2 Å². The fraction of sp³-hybridized carbons (Fsp3) is 0.375. The Bertz CT molecular complexity index is 733. The highest BCUT2D eigenvalue weighted by molar-refractivity contribution is 7.55. The summed E-state index contributed by atoms with van der Waals surface area (Å²) in [5.74, 6) is -1.10. The molecular weight excluding hydrogens is 348 g/mol. The van der Waals surface area contributed by atoms with Gasteiger partial charge in [-0.3, -0.25) is 14.1 Å². The average Bonchev–Trinajstić information content (AvgIpc) is 2.57. The van der Waals surface area contributed by atoms with E-state index in [1.54, 1.807) is 13.8 Å². The number of hydrogen-bond donors (Lipinski definition) is 1. The third-order valence-corrected chi connectivity index (χ3v) is 4.73. The van der Waals surface area contributed by atoms with E-state index in [0.717, 1.165) is 17.3 Å². The highest BCUT2D eigenvalue weighted by atomic mass is 31.2. The van der Waals surface area contributed by atoms with Crippen molar-refractivity contribution in [2.24, 2.45) is 0 Å². The van der Waals surface area contributed by atoms with Gasteiger partial charge < -0.3 is 4.74 Å². The highest BCUT2D eigenvalue weighted by Crippen LogP contribution is 2.47. The Morgan fingerprint density at radius 1 is 1.16 bits per heavy atom. The molecule has 25 heavy (non-hydrogen) atoms. The van der Waals surface area contributed by atoms with E-state index in [-0.39, 0.29) is 31.6 Å². The summed E-state index contributed by atoms with van der Waals surface area (Å²) in [7, 11) is -3.71. The van der Waals surface area contributed by atoms with Crippen LogP contribution in [0.3, 0.4) is 0 Å². The molecule has 0 fully saturated rings. The van der Waals surface area contributed by atoms with Gasteiger partial charge in [0, 0.05) is 0 Å². The van der Waals surface area contributed by atoms with Crippen molar-refractivity contribution in [1.82, 2.24) is 9.97 Å². The molecule has 0 saturated heterocycles. The number of nitrogens with zero attached hydrogens (tertiary/aromatic N) is 2. The molecule has 1 N–H and O–H groups in total. The summed E-state index contributed by atoms with van der Waals surface area (Å²) in [6.07, 6.45) is 0.933. The van der Waals surface area contributed by atoms with Gasteiger partial charge in [0.05, 0.1) is 19.4 Å². The van der Waals surface area contributed by atoms with Crippen molar-refractivity contribution in [3.8, 4) is 6.01 Å². The lowest BCUT2D eigenvalue weighted by Crippen LogP contribution is -2.09. The summed E-state index contributed by atoms with van der Waals surface area (Å²) in [6.45, 7) is 5.78. The predicted octanol–water partition coefficient (Wildman–Crippen LogP) is 4.10. The Labute approximate surface area is 146 Å². The number of halogens is 1.